The zero-order valence-corrected chi connectivity index (χ0v) is 15.9. The van der Waals surface area contributed by atoms with Crippen LogP contribution in [-0.4, -0.2) is 23.2 Å². The van der Waals surface area contributed by atoms with E-state index in [1.54, 1.807) is 19.2 Å². The lowest BCUT2D eigenvalue weighted by Gasteiger charge is -2.11. The monoisotopic (exact) mass is 398 g/mol. The van der Waals surface area contributed by atoms with Crippen molar-refractivity contribution in [1.29, 1.82) is 5.26 Å². The van der Waals surface area contributed by atoms with Crippen molar-refractivity contribution in [2.24, 2.45) is 0 Å². The fraction of sp³-hybridized carbons (Fsp3) is 0.0417. The maximum absolute atomic E-state index is 13.7. The molecule has 0 aliphatic rings. The molecule has 3 aromatic carbocycles. The van der Waals surface area contributed by atoms with Crippen molar-refractivity contribution in [3.05, 3.63) is 83.7 Å². The van der Waals surface area contributed by atoms with E-state index in [2.05, 4.69) is 4.98 Å². The van der Waals surface area contributed by atoms with Crippen LogP contribution in [0.5, 0.6) is 5.75 Å². The number of aromatic carboxylic acids is 1. The molecule has 0 spiro atoms. The third-order valence-electron chi connectivity index (χ3n) is 4.83. The normalized spacial score (nSPS) is 10.6. The predicted molar refractivity (Wildman–Crippen MR) is 111 cm³/mol. The van der Waals surface area contributed by atoms with E-state index in [9.17, 15) is 19.6 Å². The van der Waals surface area contributed by atoms with E-state index in [0.717, 1.165) is 22.9 Å². The minimum absolute atomic E-state index is 0.0933. The quantitative estimate of drug-likeness (QED) is 0.505. The molecule has 0 fully saturated rings. The van der Waals surface area contributed by atoms with Gasteiger partial charge in [-0.05, 0) is 41.5 Å². The molecule has 1 N–H and O–H groups in total. The first-order valence-electron chi connectivity index (χ1n) is 9.03. The van der Waals surface area contributed by atoms with E-state index in [1.165, 1.54) is 12.1 Å². The summed E-state index contributed by atoms with van der Waals surface area (Å²) in [5.41, 5.74) is 2.66. The molecule has 1 heterocycles. The topological polar surface area (TPSA) is 83.2 Å². The fourth-order valence-corrected chi connectivity index (χ4v) is 3.40. The lowest BCUT2D eigenvalue weighted by Crippen LogP contribution is -2.06. The number of carbonyl (C=O) groups is 1. The molecule has 0 unspecified atom stereocenters. The highest BCUT2D eigenvalue weighted by atomic mass is 19.1. The molecule has 0 saturated carbocycles. The molecule has 5 nitrogen and oxygen atoms in total. The van der Waals surface area contributed by atoms with Crippen LogP contribution in [-0.2, 0) is 0 Å². The number of nitriles is 1. The Hall–Kier alpha value is -4.24. The Morgan fingerprint density at radius 2 is 1.77 bits per heavy atom. The number of rotatable bonds is 4. The van der Waals surface area contributed by atoms with Crippen LogP contribution >= 0.6 is 0 Å². The van der Waals surface area contributed by atoms with Gasteiger partial charge in [0.15, 0.2) is 0 Å². The standard InChI is InChI=1S/C24H15FN2O3/c1-30-18-4-2-3-16(11-18)14-5-7-15(8-6-14)23-20(13-26)22(24(28)29)19-12-17(25)9-10-21(19)27-23/h2-12H,1H3,(H,28,29). The van der Waals surface area contributed by atoms with Gasteiger partial charge >= 0.3 is 5.97 Å². The van der Waals surface area contributed by atoms with Crippen molar-refractivity contribution in [2.75, 3.05) is 7.11 Å². The van der Waals surface area contributed by atoms with Gasteiger partial charge in [-0.2, -0.15) is 5.26 Å². The largest absolute Gasteiger partial charge is 0.497 e. The Morgan fingerprint density at radius 3 is 2.43 bits per heavy atom. The van der Waals surface area contributed by atoms with Gasteiger partial charge < -0.3 is 9.84 Å². The number of pyridine rings is 1. The van der Waals surface area contributed by atoms with Crippen LogP contribution < -0.4 is 4.74 Å². The number of hydrogen-bond acceptors (Lipinski definition) is 4. The lowest BCUT2D eigenvalue weighted by atomic mass is 9.96. The number of nitrogens with zero attached hydrogens (tertiary/aromatic N) is 2. The van der Waals surface area contributed by atoms with Gasteiger partial charge in [-0.15, -0.1) is 0 Å². The van der Waals surface area contributed by atoms with Crippen molar-refractivity contribution < 1.29 is 19.0 Å². The van der Waals surface area contributed by atoms with E-state index < -0.39 is 11.8 Å². The highest BCUT2D eigenvalue weighted by Gasteiger charge is 2.21. The predicted octanol–water partition coefficient (Wildman–Crippen LogP) is 5.29. The van der Waals surface area contributed by atoms with E-state index in [0.29, 0.717) is 11.1 Å². The Labute approximate surface area is 171 Å². The van der Waals surface area contributed by atoms with Gasteiger partial charge in [0.2, 0.25) is 0 Å². The van der Waals surface area contributed by atoms with Crippen molar-refractivity contribution in [2.45, 2.75) is 0 Å². The summed E-state index contributed by atoms with van der Waals surface area (Å²) in [6, 6.07) is 20.5. The molecule has 0 bridgehead atoms. The molecule has 4 aromatic rings. The smallest absolute Gasteiger partial charge is 0.337 e. The molecule has 1 aromatic heterocycles. The van der Waals surface area contributed by atoms with Gasteiger partial charge in [0.1, 0.15) is 17.6 Å². The Kier molecular flexibility index (Phi) is 4.87. The summed E-state index contributed by atoms with van der Waals surface area (Å²) in [5, 5.41) is 19.4. The fourth-order valence-electron chi connectivity index (χ4n) is 3.40. The van der Waals surface area contributed by atoms with Gasteiger partial charge in [-0.1, -0.05) is 36.4 Å². The average molecular weight is 398 g/mol. The molecule has 6 heteroatoms. The molecule has 0 saturated heterocycles. The Morgan fingerprint density at radius 1 is 1.03 bits per heavy atom. The minimum Gasteiger partial charge on any atom is -0.497 e. The first-order chi connectivity index (χ1) is 14.5. The van der Waals surface area contributed by atoms with E-state index in [4.69, 9.17) is 4.74 Å². The number of fused-ring (bicyclic) bond motifs is 1. The van der Waals surface area contributed by atoms with Gasteiger partial charge in [0, 0.05) is 10.9 Å². The third-order valence-corrected chi connectivity index (χ3v) is 4.83. The number of benzene rings is 3. The molecule has 146 valence electrons. The third kappa shape index (κ3) is 3.33. The maximum Gasteiger partial charge on any atom is 0.337 e. The van der Waals surface area contributed by atoms with Gasteiger partial charge in [-0.25, -0.2) is 14.2 Å². The highest BCUT2D eigenvalue weighted by molar-refractivity contribution is 6.06. The van der Waals surface area contributed by atoms with Crippen LogP contribution in [0.15, 0.2) is 66.7 Å². The van der Waals surface area contributed by atoms with Crippen LogP contribution in [0, 0.1) is 17.1 Å². The first kappa shape index (κ1) is 19.1. The maximum atomic E-state index is 13.7. The summed E-state index contributed by atoms with van der Waals surface area (Å²) in [6.45, 7) is 0. The number of halogens is 1. The second-order valence-corrected chi connectivity index (χ2v) is 6.60. The summed E-state index contributed by atoms with van der Waals surface area (Å²) in [7, 11) is 1.60. The number of carboxylic acids is 1. The molecule has 0 aliphatic carbocycles. The molecule has 4 rings (SSSR count). The van der Waals surface area contributed by atoms with E-state index >= 15 is 0 Å². The van der Waals surface area contributed by atoms with Crippen molar-refractivity contribution in [1.82, 2.24) is 4.98 Å². The number of aromatic nitrogens is 1. The van der Waals surface area contributed by atoms with Gasteiger partial charge in [-0.3, -0.25) is 0 Å². The first-order valence-corrected chi connectivity index (χ1v) is 9.03. The summed E-state index contributed by atoms with van der Waals surface area (Å²) in [4.78, 5) is 16.3. The lowest BCUT2D eigenvalue weighted by molar-refractivity contribution is 0.0698. The van der Waals surface area contributed by atoms with Crippen LogP contribution in [0.3, 0.4) is 0 Å². The van der Waals surface area contributed by atoms with E-state index in [1.807, 2.05) is 42.5 Å². The summed E-state index contributed by atoms with van der Waals surface area (Å²) in [5.74, 6) is -1.16. The molecule has 0 atom stereocenters. The molecule has 0 radical (unpaired) electrons. The van der Waals surface area contributed by atoms with Crippen LogP contribution in [0.4, 0.5) is 4.39 Å². The molecule has 0 amide bonds. The molecular formula is C24H15FN2O3. The summed E-state index contributed by atoms with van der Waals surface area (Å²) < 4.78 is 18.9. The Balaban J connectivity index is 1.88. The van der Waals surface area contributed by atoms with Crippen LogP contribution in [0.25, 0.3) is 33.3 Å². The summed E-state index contributed by atoms with van der Waals surface area (Å²) in [6.07, 6.45) is 0. The zero-order valence-electron chi connectivity index (χ0n) is 15.9. The van der Waals surface area contributed by atoms with Crippen LogP contribution in [0.2, 0.25) is 0 Å². The van der Waals surface area contributed by atoms with E-state index in [-0.39, 0.29) is 22.2 Å². The van der Waals surface area contributed by atoms with Crippen LogP contribution in [0.1, 0.15) is 15.9 Å². The molecule has 0 aliphatic heterocycles. The molecule has 30 heavy (non-hydrogen) atoms. The number of methoxy groups -OCH3 is 1. The second kappa shape index (κ2) is 7.64. The highest BCUT2D eigenvalue weighted by Crippen LogP contribution is 2.32. The SMILES string of the molecule is COc1cccc(-c2ccc(-c3nc4ccc(F)cc4c(C(=O)O)c3C#N)cc2)c1. The van der Waals surface area contributed by atoms with Crippen molar-refractivity contribution in [3.8, 4) is 34.2 Å². The van der Waals surface area contributed by atoms with Crippen molar-refractivity contribution >= 4 is 16.9 Å². The number of ether oxygens (including phenoxy) is 1. The number of carboxylic acid groups (broad SMARTS) is 1. The second-order valence-electron chi connectivity index (χ2n) is 6.60. The molecular weight excluding hydrogens is 383 g/mol. The Bertz CT molecular complexity index is 1330. The summed E-state index contributed by atoms with van der Waals surface area (Å²) >= 11 is 0. The van der Waals surface area contributed by atoms with Crippen molar-refractivity contribution in [3.63, 3.8) is 0 Å². The van der Waals surface area contributed by atoms with Gasteiger partial charge in [0.25, 0.3) is 0 Å². The van der Waals surface area contributed by atoms with Gasteiger partial charge in [0.05, 0.1) is 29.4 Å². The average Bonchev–Trinajstić information content (AvgIpc) is 2.77. The minimum atomic E-state index is -1.31. The number of hydrogen-bond donors (Lipinski definition) is 1. The zero-order chi connectivity index (χ0) is 21.3.